The number of carbonyl (C=O) groups excluding carboxylic acids is 1. The van der Waals surface area contributed by atoms with Gasteiger partial charge in [0, 0.05) is 19.6 Å². The molecule has 1 saturated heterocycles. The molecule has 2 aromatic rings. The third kappa shape index (κ3) is 4.17. The Morgan fingerprint density at radius 2 is 1.80 bits per heavy atom. The molecule has 0 bridgehead atoms. The molecule has 2 heterocycles. The SMILES string of the molecule is COc1cc2c(cc1OC)C(c1ccccc1)N(CC(=O)N1CCCC(C)C1)CC2. The molecule has 0 saturated carbocycles. The number of ether oxygens (including phenoxy) is 2. The summed E-state index contributed by atoms with van der Waals surface area (Å²) >= 11 is 0. The molecule has 0 N–H and O–H groups in total. The van der Waals surface area contributed by atoms with E-state index in [1.807, 2.05) is 6.07 Å². The first-order chi connectivity index (χ1) is 14.6. The second-order valence-electron chi connectivity index (χ2n) is 8.53. The summed E-state index contributed by atoms with van der Waals surface area (Å²) in [6, 6.07) is 14.7. The highest BCUT2D eigenvalue weighted by Crippen LogP contribution is 2.41. The maximum atomic E-state index is 13.2. The number of hydrogen-bond acceptors (Lipinski definition) is 4. The number of piperidine rings is 1. The number of carbonyl (C=O) groups is 1. The Hall–Kier alpha value is -2.53. The molecule has 30 heavy (non-hydrogen) atoms. The summed E-state index contributed by atoms with van der Waals surface area (Å²) < 4.78 is 11.1. The third-order valence-corrected chi connectivity index (χ3v) is 6.44. The highest BCUT2D eigenvalue weighted by molar-refractivity contribution is 5.78. The van der Waals surface area contributed by atoms with Gasteiger partial charge in [-0.2, -0.15) is 0 Å². The van der Waals surface area contributed by atoms with E-state index in [1.165, 1.54) is 23.1 Å². The minimum Gasteiger partial charge on any atom is -0.493 e. The second kappa shape index (κ2) is 9.09. The van der Waals surface area contributed by atoms with Crippen LogP contribution in [0, 0.1) is 5.92 Å². The first-order valence-electron chi connectivity index (χ1n) is 10.9. The van der Waals surface area contributed by atoms with Crippen LogP contribution in [0.1, 0.15) is 42.5 Å². The van der Waals surface area contributed by atoms with Crippen LogP contribution in [-0.2, 0) is 11.2 Å². The summed E-state index contributed by atoms with van der Waals surface area (Å²) in [6.07, 6.45) is 3.21. The van der Waals surface area contributed by atoms with E-state index in [-0.39, 0.29) is 11.9 Å². The maximum absolute atomic E-state index is 13.2. The number of nitrogens with zero attached hydrogens (tertiary/aromatic N) is 2. The summed E-state index contributed by atoms with van der Waals surface area (Å²) in [7, 11) is 3.34. The van der Waals surface area contributed by atoms with Gasteiger partial charge < -0.3 is 14.4 Å². The van der Waals surface area contributed by atoms with Crippen molar-refractivity contribution in [2.45, 2.75) is 32.2 Å². The minimum absolute atomic E-state index is 0.0286. The van der Waals surface area contributed by atoms with E-state index >= 15 is 0 Å². The molecular formula is C25H32N2O3. The fraction of sp³-hybridized carbons (Fsp3) is 0.480. The van der Waals surface area contributed by atoms with Crippen LogP contribution in [0.15, 0.2) is 42.5 Å². The number of rotatable bonds is 5. The van der Waals surface area contributed by atoms with E-state index in [0.29, 0.717) is 12.5 Å². The topological polar surface area (TPSA) is 42.0 Å². The van der Waals surface area contributed by atoms with E-state index < -0.39 is 0 Å². The van der Waals surface area contributed by atoms with Gasteiger partial charge in [-0.25, -0.2) is 0 Å². The Morgan fingerprint density at radius 3 is 2.50 bits per heavy atom. The number of fused-ring (bicyclic) bond motifs is 1. The van der Waals surface area contributed by atoms with Gasteiger partial charge in [0.15, 0.2) is 11.5 Å². The number of methoxy groups -OCH3 is 2. The quantitative estimate of drug-likeness (QED) is 0.752. The van der Waals surface area contributed by atoms with Gasteiger partial charge in [-0.05, 0) is 54.0 Å². The molecular weight excluding hydrogens is 376 g/mol. The molecule has 2 aliphatic heterocycles. The van der Waals surface area contributed by atoms with Crippen molar-refractivity contribution < 1.29 is 14.3 Å². The summed E-state index contributed by atoms with van der Waals surface area (Å²) in [5, 5.41) is 0. The van der Waals surface area contributed by atoms with E-state index in [0.717, 1.165) is 44.0 Å². The number of benzene rings is 2. The summed E-state index contributed by atoms with van der Waals surface area (Å²) in [6.45, 7) is 5.29. The van der Waals surface area contributed by atoms with Gasteiger partial charge in [0.1, 0.15) is 0 Å². The molecule has 2 aliphatic rings. The van der Waals surface area contributed by atoms with Crippen molar-refractivity contribution >= 4 is 5.91 Å². The lowest BCUT2D eigenvalue weighted by atomic mass is 9.87. The van der Waals surface area contributed by atoms with Gasteiger partial charge in [0.2, 0.25) is 5.91 Å². The highest BCUT2D eigenvalue weighted by Gasteiger charge is 2.33. The van der Waals surface area contributed by atoms with Crippen molar-refractivity contribution in [1.82, 2.24) is 9.80 Å². The van der Waals surface area contributed by atoms with Crippen molar-refractivity contribution in [3.05, 3.63) is 59.2 Å². The smallest absolute Gasteiger partial charge is 0.236 e. The van der Waals surface area contributed by atoms with E-state index in [9.17, 15) is 4.79 Å². The Balaban J connectivity index is 1.67. The first-order valence-corrected chi connectivity index (χ1v) is 10.9. The van der Waals surface area contributed by atoms with E-state index in [4.69, 9.17) is 9.47 Å². The Labute approximate surface area is 179 Å². The second-order valence-corrected chi connectivity index (χ2v) is 8.53. The predicted octanol–water partition coefficient (Wildman–Crippen LogP) is 3.91. The zero-order valence-corrected chi connectivity index (χ0v) is 18.3. The molecule has 2 unspecified atom stereocenters. The van der Waals surface area contributed by atoms with Gasteiger partial charge in [-0.3, -0.25) is 9.69 Å². The average Bonchev–Trinajstić information content (AvgIpc) is 2.78. The van der Waals surface area contributed by atoms with Crippen molar-refractivity contribution in [2.24, 2.45) is 5.92 Å². The average molecular weight is 409 g/mol. The lowest BCUT2D eigenvalue weighted by molar-refractivity contribution is -0.134. The largest absolute Gasteiger partial charge is 0.493 e. The summed E-state index contributed by atoms with van der Waals surface area (Å²) in [5.41, 5.74) is 3.66. The third-order valence-electron chi connectivity index (χ3n) is 6.44. The molecule has 5 nitrogen and oxygen atoms in total. The molecule has 4 rings (SSSR count). The van der Waals surface area contributed by atoms with Gasteiger partial charge in [-0.15, -0.1) is 0 Å². The van der Waals surface area contributed by atoms with Crippen LogP contribution in [-0.4, -0.2) is 56.1 Å². The Kier molecular flexibility index (Phi) is 6.28. The fourth-order valence-corrected chi connectivity index (χ4v) is 4.88. The number of hydrogen-bond donors (Lipinski definition) is 0. The Bertz CT molecular complexity index is 883. The molecule has 160 valence electrons. The summed E-state index contributed by atoms with van der Waals surface area (Å²) in [5.74, 6) is 2.32. The molecule has 0 radical (unpaired) electrons. The fourth-order valence-electron chi connectivity index (χ4n) is 4.88. The molecule has 1 fully saturated rings. The first kappa shape index (κ1) is 20.7. The highest BCUT2D eigenvalue weighted by atomic mass is 16.5. The Morgan fingerprint density at radius 1 is 1.07 bits per heavy atom. The molecule has 1 amide bonds. The lowest BCUT2D eigenvalue weighted by Crippen LogP contribution is -2.47. The monoisotopic (exact) mass is 408 g/mol. The molecule has 0 aliphatic carbocycles. The van der Waals surface area contributed by atoms with Gasteiger partial charge in [0.25, 0.3) is 0 Å². The van der Waals surface area contributed by atoms with E-state index in [1.54, 1.807) is 14.2 Å². The van der Waals surface area contributed by atoms with Gasteiger partial charge in [-0.1, -0.05) is 37.3 Å². The van der Waals surface area contributed by atoms with Crippen molar-refractivity contribution in [2.75, 3.05) is 40.4 Å². The maximum Gasteiger partial charge on any atom is 0.236 e. The standard InChI is InChI=1S/C25H32N2O3/c1-18-8-7-12-26(16-18)24(28)17-27-13-11-20-14-22(29-2)23(30-3)15-21(20)25(27)19-9-5-4-6-10-19/h4-6,9-10,14-15,18,25H,7-8,11-13,16-17H2,1-3H3. The van der Waals surface area contributed by atoms with Crippen molar-refractivity contribution in [3.8, 4) is 11.5 Å². The van der Waals surface area contributed by atoms with Gasteiger partial charge >= 0.3 is 0 Å². The lowest BCUT2D eigenvalue weighted by Gasteiger charge is -2.39. The predicted molar refractivity (Wildman–Crippen MR) is 118 cm³/mol. The van der Waals surface area contributed by atoms with Crippen LogP contribution in [0.4, 0.5) is 0 Å². The van der Waals surface area contributed by atoms with Crippen molar-refractivity contribution in [3.63, 3.8) is 0 Å². The van der Waals surface area contributed by atoms with Crippen LogP contribution < -0.4 is 9.47 Å². The van der Waals surface area contributed by atoms with Crippen LogP contribution in [0.5, 0.6) is 11.5 Å². The molecule has 0 aromatic heterocycles. The molecule has 5 heteroatoms. The van der Waals surface area contributed by atoms with Gasteiger partial charge in [0.05, 0.1) is 26.8 Å². The normalized spacial score (nSPS) is 21.8. The van der Waals surface area contributed by atoms with Crippen LogP contribution in [0.25, 0.3) is 0 Å². The molecule has 0 spiro atoms. The zero-order valence-electron chi connectivity index (χ0n) is 18.3. The zero-order chi connectivity index (χ0) is 21.1. The number of likely N-dealkylation sites (tertiary alicyclic amines) is 1. The van der Waals surface area contributed by atoms with Crippen LogP contribution >= 0.6 is 0 Å². The van der Waals surface area contributed by atoms with Crippen LogP contribution in [0.2, 0.25) is 0 Å². The number of amides is 1. The van der Waals surface area contributed by atoms with Crippen LogP contribution in [0.3, 0.4) is 0 Å². The molecule has 2 atom stereocenters. The van der Waals surface area contributed by atoms with Crippen molar-refractivity contribution in [1.29, 1.82) is 0 Å². The minimum atomic E-state index is 0.0286. The van der Waals surface area contributed by atoms with E-state index in [2.05, 4.69) is 53.1 Å². The molecule has 2 aromatic carbocycles. The summed E-state index contributed by atoms with van der Waals surface area (Å²) in [4.78, 5) is 17.5.